The smallest absolute Gasteiger partial charge is 0.302 e. The van der Waals surface area contributed by atoms with Gasteiger partial charge in [0.2, 0.25) is 0 Å². The highest BCUT2D eigenvalue weighted by atomic mass is 16.5. The number of carbonyl (C=O) groups is 1. The zero-order chi connectivity index (χ0) is 9.68. The minimum atomic E-state index is -0.247. The molecule has 0 fully saturated rings. The van der Waals surface area contributed by atoms with Crippen molar-refractivity contribution in [1.82, 2.24) is 0 Å². The van der Waals surface area contributed by atoms with Crippen molar-refractivity contribution in [1.29, 1.82) is 0 Å². The summed E-state index contributed by atoms with van der Waals surface area (Å²) in [5, 5.41) is 0. The lowest BCUT2D eigenvalue weighted by Crippen LogP contribution is -2.11. The van der Waals surface area contributed by atoms with Crippen LogP contribution < -0.4 is 0 Å². The molecule has 0 aromatic carbocycles. The minimum Gasteiger partial charge on any atom is -0.461 e. The standard InChI is InChI=1S/C10H14O3/c1-8(11)13-7-9-3-5-10(12-2)6-4-9/h3-5,10H,6-7H2,1-2H3. The van der Waals surface area contributed by atoms with Crippen molar-refractivity contribution in [3.05, 3.63) is 23.8 Å². The topological polar surface area (TPSA) is 35.5 Å². The first-order valence-electron chi connectivity index (χ1n) is 4.25. The Kier molecular flexibility index (Phi) is 3.71. The first kappa shape index (κ1) is 9.99. The highest BCUT2D eigenvalue weighted by Gasteiger charge is 2.07. The fraction of sp³-hybridized carbons (Fsp3) is 0.500. The molecule has 1 atom stereocenters. The maximum Gasteiger partial charge on any atom is 0.302 e. The molecular weight excluding hydrogens is 168 g/mol. The molecule has 0 saturated heterocycles. The SMILES string of the molecule is COC1C=CC(COC(C)=O)=CC1. The van der Waals surface area contributed by atoms with E-state index < -0.39 is 0 Å². The second kappa shape index (κ2) is 4.82. The van der Waals surface area contributed by atoms with Gasteiger partial charge in [-0.2, -0.15) is 0 Å². The Morgan fingerprint density at radius 2 is 2.46 bits per heavy atom. The van der Waals surface area contributed by atoms with Gasteiger partial charge in [-0.3, -0.25) is 4.79 Å². The van der Waals surface area contributed by atoms with Crippen LogP contribution in [0.3, 0.4) is 0 Å². The van der Waals surface area contributed by atoms with E-state index in [-0.39, 0.29) is 12.1 Å². The Morgan fingerprint density at radius 1 is 1.69 bits per heavy atom. The second-order valence-corrected chi connectivity index (χ2v) is 2.93. The lowest BCUT2D eigenvalue weighted by molar-refractivity contribution is -0.139. The van der Waals surface area contributed by atoms with Gasteiger partial charge in [-0.15, -0.1) is 0 Å². The van der Waals surface area contributed by atoms with Crippen molar-refractivity contribution in [3.63, 3.8) is 0 Å². The van der Waals surface area contributed by atoms with Crippen LogP contribution in [0.1, 0.15) is 13.3 Å². The van der Waals surface area contributed by atoms with Gasteiger partial charge in [0, 0.05) is 14.0 Å². The Labute approximate surface area is 78.0 Å². The molecule has 1 rings (SSSR count). The van der Waals surface area contributed by atoms with Gasteiger partial charge in [-0.25, -0.2) is 0 Å². The molecule has 0 heterocycles. The Bertz CT molecular complexity index is 241. The normalized spacial score (nSPS) is 21.1. The summed E-state index contributed by atoms with van der Waals surface area (Å²) in [5.74, 6) is -0.247. The van der Waals surface area contributed by atoms with Crippen LogP contribution in [0.15, 0.2) is 23.8 Å². The Morgan fingerprint density at radius 3 is 2.92 bits per heavy atom. The lowest BCUT2D eigenvalue weighted by Gasteiger charge is -2.14. The Balaban J connectivity index is 2.34. The highest BCUT2D eigenvalue weighted by molar-refractivity contribution is 5.66. The van der Waals surface area contributed by atoms with Gasteiger partial charge in [0.1, 0.15) is 6.61 Å². The van der Waals surface area contributed by atoms with Crippen LogP contribution >= 0.6 is 0 Å². The molecule has 0 N–H and O–H groups in total. The first-order chi connectivity index (χ1) is 6.22. The zero-order valence-electron chi connectivity index (χ0n) is 7.95. The molecule has 0 aromatic heterocycles. The van der Waals surface area contributed by atoms with Crippen molar-refractivity contribution < 1.29 is 14.3 Å². The molecule has 3 heteroatoms. The van der Waals surface area contributed by atoms with E-state index in [9.17, 15) is 4.79 Å². The molecule has 0 aliphatic heterocycles. The number of ether oxygens (including phenoxy) is 2. The monoisotopic (exact) mass is 182 g/mol. The number of carbonyl (C=O) groups excluding carboxylic acids is 1. The molecule has 0 radical (unpaired) electrons. The van der Waals surface area contributed by atoms with Crippen LogP contribution in [-0.2, 0) is 14.3 Å². The van der Waals surface area contributed by atoms with Gasteiger partial charge in [0.05, 0.1) is 6.10 Å². The maximum absolute atomic E-state index is 10.5. The molecule has 1 aliphatic carbocycles. The molecule has 0 saturated carbocycles. The van der Waals surface area contributed by atoms with Crippen LogP contribution in [0, 0.1) is 0 Å². The molecule has 72 valence electrons. The summed E-state index contributed by atoms with van der Waals surface area (Å²) in [5.41, 5.74) is 1.03. The minimum absolute atomic E-state index is 0.168. The number of esters is 1. The largest absolute Gasteiger partial charge is 0.461 e. The van der Waals surface area contributed by atoms with Crippen molar-refractivity contribution in [2.75, 3.05) is 13.7 Å². The second-order valence-electron chi connectivity index (χ2n) is 2.93. The predicted molar refractivity (Wildman–Crippen MR) is 49.3 cm³/mol. The average molecular weight is 182 g/mol. The van der Waals surface area contributed by atoms with Gasteiger partial charge in [-0.1, -0.05) is 18.2 Å². The summed E-state index contributed by atoms with van der Waals surface area (Å²) in [6, 6.07) is 0. The van der Waals surface area contributed by atoms with E-state index in [2.05, 4.69) is 0 Å². The molecule has 0 spiro atoms. The third kappa shape index (κ3) is 3.42. The molecule has 1 aliphatic rings. The fourth-order valence-corrected chi connectivity index (χ4v) is 1.11. The van der Waals surface area contributed by atoms with Crippen molar-refractivity contribution >= 4 is 5.97 Å². The van der Waals surface area contributed by atoms with E-state index in [1.165, 1.54) is 6.92 Å². The molecule has 13 heavy (non-hydrogen) atoms. The third-order valence-corrected chi connectivity index (χ3v) is 1.88. The van der Waals surface area contributed by atoms with E-state index in [0.717, 1.165) is 12.0 Å². The average Bonchev–Trinajstić information content (AvgIpc) is 2.15. The van der Waals surface area contributed by atoms with Crippen molar-refractivity contribution in [3.8, 4) is 0 Å². The van der Waals surface area contributed by atoms with Gasteiger partial charge in [-0.05, 0) is 12.0 Å². The quantitative estimate of drug-likeness (QED) is 0.620. The molecule has 0 aromatic rings. The summed E-state index contributed by atoms with van der Waals surface area (Å²) in [7, 11) is 1.68. The van der Waals surface area contributed by atoms with E-state index in [1.807, 2.05) is 18.2 Å². The maximum atomic E-state index is 10.5. The summed E-state index contributed by atoms with van der Waals surface area (Å²) in [4.78, 5) is 10.5. The number of rotatable bonds is 3. The van der Waals surface area contributed by atoms with Gasteiger partial charge in [0.15, 0.2) is 0 Å². The van der Waals surface area contributed by atoms with Gasteiger partial charge < -0.3 is 9.47 Å². The molecule has 1 unspecified atom stereocenters. The van der Waals surface area contributed by atoms with E-state index in [1.54, 1.807) is 7.11 Å². The van der Waals surface area contributed by atoms with Crippen LogP contribution in [0.5, 0.6) is 0 Å². The zero-order valence-corrected chi connectivity index (χ0v) is 7.95. The Hall–Kier alpha value is -1.09. The molecule has 0 amide bonds. The fourth-order valence-electron chi connectivity index (χ4n) is 1.11. The number of hydrogen-bond donors (Lipinski definition) is 0. The lowest BCUT2D eigenvalue weighted by atomic mass is 10.1. The van der Waals surface area contributed by atoms with Crippen LogP contribution in [0.4, 0.5) is 0 Å². The third-order valence-electron chi connectivity index (χ3n) is 1.88. The number of methoxy groups -OCH3 is 1. The molecule has 0 bridgehead atoms. The van der Waals surface area contributed by atoms with Crippen molar-refractivity contribution in [2.45, 2.75) is 19.4 Å². The van der Waals surface area contributed by atoms with E-state index in [4.69, 9.17) is 9.47 Å². The summed E-state index contributed by atoms with van der Waals surface area (Å²) in [6.07, 6.45) is 6.95. The number of hydrogen-bond acceptors (Lipinski definition) is 3. The van der Waals surface area contributed by atoms with Gasteiger partial charge in [0.25, 0.3) is 0 Å². The van der Waals surface area contributed by atoms with Gasteiger partial charge >= 0.3 is 5.97 Å². The van der Waals surface area contributed by atoms with E-state index in [0.29, 0.717) is 6.61 Å². The van der Waals surface area contributed by atoms with Crippen LogP contribution in [0.2, 0.25) is 0 Å². The molecular formula is C10H14O3. The van der Waals surface area contributed by atoms with Crippen LogP contribution in [0.25, 0.3) is 0 Å². The summed E-state index contributed by atoms with van der Waals surface area (Å²) >= 11 is 0. The highest BCUT2D eigenvalue weighted by Crippen LogP contribution is 2.12. The summed E-state index contributed by atoms with van der Waals surface area (Å²) < 4.78 is 9.98. The first-order valence-corrected chi connectivity index (χ1v) is 4.25. The predicted octanol–water partition coefficient (Wildman–Crippen LogP) is 1.45. The van der Waals surface area contributed by atoms with E-state index >= 15 is 0 Å². The van der Waals surface area contributed by atoms with Crippen molar-refractivity contribution in [2.24, 2.45) is 0 Å². The summed E-state index contributed by atoms with van der Waals surface area (Å²) in [6.45, 7) is 1.77. The molecule has 3 nitrogen and oxygen atoms in total. The van der Waals surface area contributed by atoms with Crippen LogP contribution in [-0.4, -0.2) is 25.8 Å².